The number of anilines is 2. The summed E-state index contributed by atoms with van der Waals surface area (Å²) in [6, 6.07) is 21.0. The van der Waals surface area contributed by atoms with Crippen LogP contribution < -0.4 is 10.0 Å². The summed E-state index contributed by atoms with van der Waals surface area (Å²) in [5.41, 5.74) is 3.89. The highest BCUT2D eigenvalue weighted by Crippen LogP contribution is 2.22. The predicted octanol–water partition coefficient (Wildman–Crippen LogP) is 4.61. The number of carbonyl (C=O) groups excluding carboxylic acids is 2. The molecule has 0 aliphatic rings. The zero-order valence-corrected chi connectivity index (χ0v) is 20.0. The zero-order valence-electron chi connectivity index (χ0n) is 19.2. The maximum Gasteiger partial charge on any atom is 0.306 e. The van der Waals surface area contributed by atoms with E-state index in [1.165, 1.54) is 24.3 Å². The van der Waals surface area contributed by atoms with Crippen LogP contribution in [0.25, 0.3) is 0 Å². The Morgan fingerprint density at radius 3 is 2.26 bits per heavy atom. The lowest BCUT2D eigenvalue weighted by atomic mass is 10.1. The van der Waals surface area contributed by atoms with Crippen molar-refractivity contribution < 1.29 is 22.7 Å². The third-order valence-electron chi connectivity index (χ3n) is 5.13. The Kier molecular flexibility index (Phi) is 8.43. The topological polar surface area (TPSA) is 102 Å². The fourth-order valence-corrected chi connectivity index (χ4v) is 4.42. The number of hydrogen-bond acceptors (Lipinski definition) is 5. The quantitative estimate of drug-likeness (QED) is 0.413. The molecule has 0 saturated carbocycles. The number of amides is 1. The number of rotatable bonds is 10. The smallest absolute Gasteiger partial charge is 0.306 e. The first-order valence-electron chi connectivity index (χ1n) is 10.9. The maximum atomic E-state index is 12.7. The van der Waals surface area contributed by atoms with Gasteiger partial charge in [-0.15, -0.1) is 0 Å². The zero-order chi connectivity index (χ0) is 24.6. The van der Waals surface area contributed by atoms with Gasteiger partial charge >= 0.3 is 5.97 Å². The van der Waals surface area contributed by atoms with Crippen LogP contribution in [0.2, 0.25) is 0 Å². The van der Waals surface area contributed by atoms with Crippen molar-refractivity contribution in [3.63, 3.8) is 0 Å². The third kappa shape index (κ3) is 7.45. The van der Waals surface area contributed by atoms with E-state index in [2.05, 4.69) is 10.0 Å². The van der Waals surface area contributed by atoms with E-state index in [-0.39, 0.29) is 30.3 Å². The number of nitrogens with one attached hydrogen (secondary N) is 2. The van der Waals surface area contributed by atoms with Crippen LogP contribution in [-0.2, 0) is 30.8 Å². The highest BCUT2D eigenvalue weighted by Gasteiger charge is 2.16. The van der Waals surface area contributed by atoms with Crippen molar-refractivity contribution in [3.05, 3.63) is 89.5 Å². The van der Waals surface area contributed by atoms with Crippen molar-refractivity contribution in [3.8, 4) is 0 Å². The van der Waals surface area contributed by atoms with Gasteiger partial charge in [0.25, 0.3) is 10.0 Å². The normalized spacial score (nSPS) is 11.0. The molecule has 0 heterocycles. The van der Waals surface area contributed by atoms with Crippen molar-refractivity contribution in [2.75, 3.05) is 16.6 Å². The van der Waals surface area contributed by atoms with E-state index in [4.69, 9.17) is 4.74 Å². The van der Waals surface area contributed by atoms with Gasteiger partial charge in [0.05, 0.1) is 23.6 Å². The number of hydrogen-bond donors (Lipinski definition) is 2. The fraction of sp³-hybridized carbons (Fsp3) is 0.231. The van der Waals surface area contributed by atoms with Crippen LogP contribution in [0.5, 0.6) is 0 Å². The van der Waals surface area contributed by atoms with E-state index in [9.17, 15) is 18.0 Å². The van der Waals surface area contributed by atoms with Gasteiger partial charge < -0.3 is 10.1 Å². The molecule has 2 N–H and O–H groups in total. The Hall–Kier alpha value is -3.65. The second-order valence-electron chi connectivity index (χ2n) is 7.95. The van der Waals surface area contributed by atoms with Gasteiger partial charge in [-0.3, -0.25) is 14.3 Å². The molecule has 0 aromatic heterocycles. The molecule has 8 heteroatoms. The minimum atomic E-state index is -3.77. The van der Waals surface area contributed by atoms with E-state index in [0.29, 0.717) is 17.8 Å². The van der Waals surface area contributed by atoms with E-state index in [1.807, 2.05) is 56.3 Å². The highest BCUT2D eigenvalue weighted by atomic mass is 32.2. The molecule has 0 atom stereocenters. The van der Waals surface area contributed by atoms with Crippen molar-refractivity contribution in [1.29, 1.82) is 0 Å². The van der Waals surface area contributed by atoms with E-state index in [1.54, 1.807) is 6.07 Å². The van der Waals surface area contributed by atoms with Gasteiger partial charge in [0.15, 0.2) is 0 Å². The molecule has 34 heavy (non-hydrogen) atoms. The van der Waals surface area contributed by atoms with Crippen molar-refractivity contribution in [1.82, 2.24) is 0 Å². The van der Waals surface area contributed by atoms with E-state index < -0.39 is 16.0 Å². The summed E-state index contributed by atoms with van der Waals surface area (Å²) in [5.74, 6) is -0.797. The van der Waals surface area contributed by atoms with Crippen LogP contribution in [0, 0.1) is 13.8 Å². The number of carbonyl (C=O) groups is 2. The summed E-state index contributed by atoms with van der Waals surface area (Å²) < 4.78 is 33.1. The lowest BCUT2D eigenvalue weighted by Crippen LogP contribution is -2.16. The maximum absolute atomic E-state index is 12.7. The largest absolute Gasteiger partial charge is 0.465 e. The SMILES string of the molecule is Cc1ccc(NS(=O)(=O)c2ccc(NC(=O)CCC(=O)OCCc3ccccc3)cc2)c(C)c1. The number of ether oxygens (including phenoxy) is 1. The summed E-state index contributed by atoms with van der Waals surface area (Å²) in [4.78, 5) is 24.1. The standard InChI is InChI=1S/C26H28N2O5S/c1-19-8-13-24(20(2)18-19)28-34(31,32)23-11-9-22(10-12-23)27-25(29)14-15-26(30)33-17-16-21-6-4-3-5-7-21/h3-13,18,28H,14-17H2,1-2H3,(H,27,29). The average Bonchev–Trinajstić information content (AvgIpc) is 2.81. The molecular formula is C26H28N2O5S. The molecule has 0 bridgehead atoms. The van der Waals surface area contributed by atoms with Crippen molar-refractivity contribution >= 4 is 33.3 Å². The Balaban J connectivity index is 1.46. The van der Waals surface area contributed by atoms with Crippen LogP contribution in [0.4, 0.5) is 11.4 Å². The molecule has 0 fully saturated rings. The molecule has 0 radical (unpaired) electrons. The average molecular weight is 481 g/mol. The molecule has 3 aromatic rings. The van der Waals surface area contributed by atoms with Gasteiger partial charge in [-0.1, -0.05) is 48.0 Å². The Morgan fingerprint density at radius 2 is 1.59 bits per heavy atom. The van der Waals surface area contributed by atoms with E-state index >= 15 is 0 Å². The number of aryl methyl sites for hydroxylation is 2. The van der Waals surface area contributed by atoms with Crippen LogP contribution in [0.1, 0.15) is 29.5 Å². The van der Waals surface area contributed by atoms with Gasteiger partial charge in [-0.05, 0) is 55.3 Å². The minimum Gasteiger partial charge on any atom is -0.465 e. The first kappa shape index (κ1) is 25.0. The lowest BCUT2D eigenvalue weighted by Gasteiger charge is -2.12. The monoisotopic (exact) mass is 480 g/mol. The fourth-order valence-electron chi connectivity index (χ4n) is 3.29. The van der Waals surface area contributed by atoms with Crippen LogP contribution in [0.3, 0.4) is 0 Å². The molecular weight excluding hydrogens is 452 g/mol. The molecule has 178 valence electrons. The summed E-state index contributed by atoms with van der Waals surface area (Å²) >= 11 is 0. The van der Waals surface area contributed by atoms with Crippen LogP contribution in [-0.4, -0.2) is 26.9 Å². The Labute approximate surface area is 200 Å². The van der Waals surface area contributed by atoms with Crippen molar-refractivity contribution in [2.45, 2.75) is 38.0 Å². The summed E-state index contributed by atoms with van der Waals surface area (Å²) in [6.45, 7) is 4.03. The first-order chi connectivity index (χ1) is 16.2. The van der Waals surface area contributed by atoms with Gasteiger partial charge in [0, 0.05) is 18.5 Å². The van der Waals surface area contributed by atoms with Crippen LogP contribution in [0.15, 0.2) is 77.7 Å². The second-order valence-corrected chi connectivity index (χ2v) is 9.63. The third-order valence-corrected chi connectivity index (χ3v) is 6.51. The summed E-state index contributed by atoms with van der Waals surface area (Å²) in [7, 11) is -3.77. The highest BCUT2D eigenvalue weighted by molar-refractivity contribution is 7.92. The lowest BCUT2D eigenvalue weighted by molar-refractivity contribution is -0.144. The van der Waals surface area contributed by atoms with Gasteiger partial charge in [0.2, 0.25) is 5.91 Å². The van der Waals surface area contributed by atoms with Crippen molar-refractivity contribution in [2.24, 2.45) is 0 Å². The van der Waals surface area contributed by atoms with Gasteiger partial charge in [0.1, 0.15) is 0 Å². The molecule has 0 saturated heterocycles. The first-order valence-corrected chi connectivity index (χ1v) is 12.4. The van der Waals surface area contributed by atoms with Crippen LogP contribution >= 0.6 is 0 Å². The number of esters is 1. The molecule has 0 aliphatic carbocycles. The molecule has 0 aliphatic heterocycles. The minimum absolute atomic E-state index is 0.0293. The Bertz CT molecular complexity index is 1240. The summed E-state index contributed by atoms with van der Waals surface area (Å²) in [5, 5.41) is 2.66. The second kappa shape index (κ2) is 11.5. The molecule has 0 spiro atoms. The summed E-state index contributed by atoms with van der Waals surface area (Å²) in [6.07, 6.45) is 0.553. The molecule has 7 nitrogen and oxygen atoms in total. The molecule has 1 amide bonds. The molecule has 0 unspecified atom stereocenters. The molecule has 3 aromatic carbocycles. The van der Waals surface area contributed by atoms with Gasteiger partial charge in [-0.25, -0.2) is 8.42 Å². The number of benzene rings is 3. The van der Waals surface area contributed by atoms with E-state index in [0.717, 1.165) is 16.7 Å². The molecule has 3 rings (SSSR count). The predicted molar refractivity (Wildman–Crippen MR) is 132 cm³/mol. The Morgan fingerprint density at radius 1 is 0.882 bits per heavy atom. The number of sulfonamides is 1. The van der Waals surface area contributed by atoms with Gasteiger partial charge in [-0.2, -0.15) is 0 Å².